The SMILES string of the molecule is COCCC(C)NC(=O)C(=O)c1cc(Br)ccc1OC. The second-order valence-electron chi connectivity index (χ2n) is 4.33. The normalized spacial score (nSPS) is 11.8. The molecule has 0 bridgehead atoms. The molecule has 1 unspecified atom stereocenters. The number of rotatable bonds is 7. The van der Waals surface area contributed by atoms with E-state index >= 15 is 0 Å². The zero-order chi connectivity index (χ0) is 15.1. The van der Waals surface area contributed by atoms with E-state index in [-0.39, 0.29) is 11.6 Å². The monoisotopic (exact) mass is 343 g/mol. The molecule has 0 aliphatic carbocycles. The lowest BCUT2D eigenvalue weighted by Crippen LogP contribution is -2.38. The van der Waals surface area contributed by atoms with Crippen molar-refractivity contribution in [3.8, 4) is 5.75 Å². The first-order valence-electron chi connectivity index (χ1n) is 6.17. The van der Waals surface area contributed by atoms with Gasteiger partial charge in [0.2, 0.25) is 0 Å². The Kier molecular flexibility index (Phi) is 6.67. The third-order valence-corrected chi connectivity index (χ3v) is 3.24. The molecule has 1 aromatic carbocycles. The summed E-state index contributed by atoms with van der Waals surface area (Å²) < 4.78 is 10.7. The van der Waals surface area contributed by atoms with Crippen LogP contribution in [0.1, 0.15) is 23.7 Å². The average Bonchev–Trinajstić information content (AvgIpc) is 2.44. The van der Waals surface area contributed by atoms with Crippen molar-refractivity contribution < 1.29 is 19.1 Å². The van der Waals surface area contributed by atoms with Crippen LogP contribution < -0.4 is 10.1 Å². The molecule has 0 radical (unpaired) electrons. The van der Waals surface area contributed by atoms with Crippen LogP contribution in [0.25, 0.3) is 0 Å². The zero-order valence-corrected chi connectivity index (χ0v) is 13.3. The number of ketones is 1. The highest BCUT2D eigenvalue weighted by Gasteiger charge is 2.21. The van der Waals surface area contributed by atoms with E-state index in [9.17, 15) is 9.59 Å². The van der Waals surface area contributed by atoms with Crippen LogP contribution in [-0.2, 0) is 9.53 Å². The number of hydrogen-bond donors (Lipinski definition) is 1. The van der Waals surface area contributed by atoms with Gasteiger partial charge in [0.25, 0.3) is 11.7 Å². The Morgan fingerprint density at radius 3 is 2.65 bits per heavy atom. The molecule has 1 rings (SSSR count). The molecule has 1 N–H and O–H groups in total. The van der Waals surface area contributed by atoms with E-state index in [1.54, 1.807) is 25.3 Å². The number of methoxy groups -OCH3 is 2. The van der Waals surface area contributed by atoms with Gasteiger partial charge in [-0.1, -0.05) is 15.9 Å². The van der Waals surface area contributed by atoms with Gasteiger partial charge in [0.1, 0.15) is 5.75 Å². The van der Waals surface area contributed by atoms with E-state index < -0.39 is 11.7 Å². The van der Waals surface area contributed by atoms with Gasteiger partial charge >= 0.3 is 0 Å². The quantitative estimate of drug-likeness (QED) is 0.608. The first kappa shape index (κ1) is 16.7. The Labute approximate surface area is 126 Å². The predicted octanol–water partition coefficient (Wildman–Crippen LogP) is 2.18. The summed E-state index contributed by atoms with van der Waals surface area (Å²) in [5.74, 6) is -0.893. The highest BCUT2D eigenvalue weighted by molar-refractivity contribution is 9.10. The van der Waals surface area contributed by atoms with E-state index in [4.69, 9.17) is 9.47 Å². The molecular weight excluding hydrogens is 326 g/mol. The number of carbonyl (C=O) groups excluding carboxylic acids is 2. The summed E-state index contributed by atoms with van der Waals surface area (Å²) >= 11 is 3.27. The maximum Gasteiger partial charge on any atom is 0.292 e. The molecule has 0 aromatic heterocycles. The van der Waals surface area contributed by atoms with Crippen molar-refractivity contribution in [3.63, 3.8) is 0 Å². The summed E-state index contributed by atoms with van der Waals surface area (Å²) in [6.45, 7) is 2.35. The molecule has 6 heteroatoms. The fraction of sp³-hybridized carbons (Fsp3) is 0.429. The molecule has 0 fully saturated rings. The van der Waals surface area contributed by atoms with Crippen molar-refractivity contribution in [1.29, 1.82) is 0 Å². The Balaban J connectivity index is 2.79. The Hall–Kier alpha value is -1.40. The van der Waals surface area contributed by atoms with E-state index in [0.717, 1.165) is 0 Å². The minimum absolute atomic E-state index is 0.135. The summed E-state index contributed by atoms with van der Waals surface area (Å²) in [6.07, 6.45) is 0.644. The lowest BCUT2D eigenvalue weighted by molar-refractivity contribution is -0.117. The Morgan fingerprint density at radius 1 is 1.35 bits per heavy atom. The van der Waals surface area contributed by atoms with Gasteiger partial charge in [-0.25, -0.2) is 0 Å². The standard InChI is InChI=1S/C14H18BrNO4/c1-9(6-7-19-2)16-14(18)13(17)11-8-10(15)4-5-12(11)20-3/h4-5,8-9H,6-7H2,1-3H3,(H,16,18). The number of carbonyl (C=O) groups is 2. The number of hydrogen-bond acceptors (Lipinski definition) is 4. The highest BCUT2D eigenvalue weighted by Crippen LogP contribution is 2.23. The van der Waals surface area contributed by atoms with Crippen LogP contribution in [-0.4, -0.2) is 38.6 Å². The largest absolute Gasteiger partial charge is 0.496 e. The van der Waals surface area contributed by atoms with Crippen molar-refractivity contribution >= 4 is 27.6 Å². The minimum atomic E-state index is -0.648. The van der Waals surface area contributed by atoms with Crippen molar-refractivity contribution in [2.24, 2.45) is 0 Å². The molecular formula is C14H18BrNO4. The minimum Gasteiger partial charge on any atom is -0.496 e. The van der Waals surface area contributed by atoms with Crippen LogP contribution in [0.3, 0.4) is 0 Å². The van der Waals surface area contributed by atoms with E-state index in [0.29, 0.717) is 23.2 Å². The first-order chi connectivity index (χ1) is 9.49. The molecule has 0 spiro atoms. The molecule has 20 heavy (non-hydrogen) atoms. The number of amides is 1. The zero-order valence-electron chi connectivity index (χ0n) is 11.7. The lowest BCUT2D eigenvalue weighted by Gasteiger charge is -2.13. The summed E-state index contributed by atoms with van der Waals surface area (Å²) in [4.78, 5) is 24.1. The van der Waals surface area contributed by atoms with Crippen LogP contribution in [0.5, 0.6) is 5.75 Å². The molecule has 0 saturated carbocycles. The second-order valence-corrected chi connectivity index (χ2v) is 5.25. The summed E-state index contributed by atoms with van der Waals surface area (Å²) in [6, 6.07) is 4.82. The topological polar surface area (TPSA) is 64.6 Å². The lowest BCUT2D eigenvalue weighted by atomic mass is 10.1. The third kappa shape index (κ3) is 4.61. The van der Waals surface area contributed by atoms with Gasteiger partial charge < -0.3 is 14.8 Å². The molecule has 0 heterocycles. The van der Waals surface area contributed by atoms with Crippen LogP contribution in [0, 0.1) is 0 Å². The highest BCUT2D eigenvalue weighted by atomic mass is 79.9. The Bertz CT molecular complexity index is 490. The van der Waals surface area contributed by atoms with Gasteiger partial charge in [-0.3, -0.25) is 9.59 Å². The van der Waals surface area contributed by atoms with Gasteiger partial charge in [-0.2, -0.15) is 0 Å². The van der Waals surface area contributed by atoms with E-state index in [1.165, 1.54) is 7.11 Å². The van der Waals surface area contributed by atoms with E-state index in [2.05, 4.69) is 21.2 Å². The van der Waals surface area contributed by atoms with Crippen LogP contribution >= 0.6 is 15.9 Å². The van der Waals surface area contributed by atoms with E-state index in [1.807, 2.05) is 6.92 Å². The molecule has 0 aliphatic heterocycles. The molecule has 1 atom stereocenters. The van der Waals surface area contributed by atoms with Gasteiger partial charge in [0.15, 0.2) is 0 Å². The average molecular weight is 344 g/mol. The van der Waals surface area contributed by atoms with Crippen molar-refractivity contribution in [1.82, 2.24) is 5.32 Å². The van der Waals surface area contributed by atoms with Crippen LogP contribution in [0.2, 0.25) is 0 Å². The maximum atomic E-state index is 12.1. The van der Waals surface area contributed by atoms with Gasteiger partial charge in [-0.15, -0.1) is 0 Å². The molecule has 1 aromatic rings. The molecule has 0 aliphatic rings. The fourth-order valence-corrected chi connectivity index (χ4v) is 2.00. The molecule has 110 valence electrons. The molecule has 1 amide bonds. The van der Waals surface area contributed by atoms with Crippen LogP contribution in [0.4, 0.5) is 0 Å². The number of nitrogens with one attached hydrogen (secondary N) is 1. The predicted molar refractivity (Wildman–Crippen MR) is 79.1 cm³/mol. The number of Topliss-reactive ketones (excluding diaryl/α,β-unsaturated/α-hetero) is 1. The molecule has 5 nitrogen and oxygen atoms in total. The summed E-state index contributed by atoms with van der Waals surface area (Å²) in [7, 11) is 3.05. The van der Waals surface area contributed by atoms with Gasteiger partial charge in [-0.05, 0) is 31.5 Å². The third-order valence-electron chi connectivity index (χ3n) is 2.74. The first-order valence-corrected chi connectivity index (χ1v) is 6.96. The van der Waals surface area contributed by atoms with Gasteiger partial charge in [0, 0.05) is 24.2 Å². The Morgan fingerprint density at radius 2 is 2.05 bits per heavy atom. The fourth-order valence-electron chi connectivity index (χ4n) is 1.64. The summed E-state index contributed by atoms with van der Waals surface area (Å²) in [5, 5.41) is 2.64. The molecule has 0 saturated heterocycles. The second kappa shape index (κ2) is 8.01. The van der Waals surface area contributed by atoms with Crippen LogP contribution in [0.15, 0.2) is 22.7 Å². The van der Waals surface area contributed by atoms with Gasteiger partial charge in [0.05, 0.1) is 12.7 Å². The van der Waals surface area contributed by atoms with Crippen molar-refractivity contribution in [2.75, 3.05) is 20.8 Å². The van der Waals surface area contributed by atoms with Crippen molar-refractivity contribution in [2.45, 2.75) is 19.4 Å². The van der Waals surface area contributed by atoms with Crippen molar-refractivity contribution in [3.05, 3.63) is 28.2 Å². The number of halogens is 1. The smallest absolute Gasteiger partial charge is 0.292 e. The number of benzene rings is 1. The summed E-state index contributed by atoms with van der Waals surface area (Å²) in [5.41, 5.74) is 0.235. The maximum absolute atomic E-state index is 12.1. The number of ether oxygens (including phenoxy) is 2.